The van der Waals surface area contributed by atoms with Crippen LogP contribution in [0.3, 0.4) is 0 Å². The van der Waals surface area contributed by atoms with Gasteiger partial charge in [-0.25, -0.2) is 4.79 Å². The molecule has 1 fully saturated rings. The van der Waals surface area contributed by atoms with Crippen LogP contribution in [-0.2, 0) is 6.42 Å². The van der Waals surface area contributed by atoms with Crippen molar-refractivity contribution in [2.24, 2.45) is 11.3 Å². The van der Waals surface area contributed by atoms with E-state index in [4.69, 9.17) is 5.11 Å². The number of thiophene rings is 1. The first-order valence-corrected chi connectivity index (χ1v) is 9.30. The molecule has 25 heavy (non-hydrogen) atoms. The first-order valence-electron chi connectivity index (χ1n) is 8.48. The number of fused-ring (bicyclic) bond motifs is 3. The van der Waals surface area contributed by atoms with E-state index in [-0.39, 0.29) is 11.3 Å². The molecule has 0 radical (unpaired) electrons. The molecule has 0 spiro atoms. The molecule has 4 rings (SSSR count). The molecular weight excluding hydrogens is 332 g/mol. The molecule has 2 aliphatic carbocycles. The second kappa shape index (κ2) is 5.40. The summed E-state index contributed by atoms with van der Waals surface area (Å²) in [6, 6.07) is 6.54. The Morgan fingerprint density at radius 3 is 2.56 bits per heavy atom. The molecule has 1 aromatic carbocycles. The van der Waals surface area contributed by atoms with E-state index in [2.05, 4.69) is 20.8 Å². The standard InChI is InChI=1S/C21H20O3S/c1-11-17-14(10-15-18(17)21(15,2)3)19(25-11)16(22)9-6-12-4-7-13(8-5-12)20(23)24/h4-9,15,18H,10H2,1-3H3,(H,23,24)/b9-6+/t15-,18-/m1/s1. The van der Waals surface area contributed by atoms with Crippen molar-refractivity contribution in [2.75, 3.05) is 0 Å². The Kier molecular flexibility index (Phi) is 3.51. The van der Waals surface area contributed by atoms with Gasteiger partial charge in [-0.05, 0) is 65.5 Å². The topological polar surface area (TPSA) is 54.4 Å². The molecule has 0 amide bonds. The summed E-state index contributed by atoms with van der Waals surface area (Å²) in [6.07, 6.45) is 4.39. The van der Waals surface area contributed by atoms with Crippen molar-refractivity contribution in [1.29, 1.82) is 0 Å². The quantitative estimate of drug-likeness (QED) is 0.626. The Bertz CT molecular complexity index is 915. The maximum absolute atomic E-state index is 12.7. The first-order chi connectivity index (χ1) is 11.8. The summed E-state index contributed by atoms with van der Waals surface area (Å²) in [4.78, 5) is 25.7. The van der Waals surface area contributed by atoms with Crippen molar-refractivity contribution < 1.29 is 14.7 Å². The molecule has 0 saturated heterocycles. The number of carboxylic acids is 1. The monoisotopic (exact) mass is 352 g/mol. The van der Waals surface area contributed by atoms with Crippen molar-refractivity contribution in [3.05, 3.63) is 62.3 Å². The van der Waals surface area contributed by atoms with Crippen molar-refractivity contribution in [2.45, 2.75) is 33.1 Å². The Balaban J connectivity index is 1.56. The fourth-order valence-electron chi connectivity index (χ4n) is 4.32. The van der Waals surface area contributed by atoms with Gasteiger partial charge in [-0.1, -0.05) is 32.1 Å². The van der Waals surface area contributed by atoms with Crippen LogP contribution in [0.25, 0.3) is 6.08 Å². The molecule has 2 atom stereocenters. The van der Waals surface area contributed by atoms with Crippen molar-refractivity contribution in [3.63, 3.8) is 0 Å². The van der Waals surface area contributed by atoms with E-state index in [1.807, 2.05) is 0 Å². The maximum Gasteiger partial charge on any atom is 0.335 e. The number of carbonyl (C=O) groups excluding carboxylic acids is 1. The molecule has 1 aromatic heterocycles. The average molecular weight is 352 g/mol. The molecule has 0 unspecified atom stereocenters. The van der Waals surface area contributed by atoms with E-state index in [1.54, 1.807) is 47.8 Å². The van der Waals surface area contributed by atoms with Gasteiger partial charge in [-0.15, -0.1) is 11.3 Å². The average Bonchev–Trinajstić information content (AvgIpc) is 2.93. The van der Waals surface area contributed by atoms with Crippen molar-refractivity contribution in [3.8, 4) is 0 Å². The highest BCUT2D eigenvalue weighted by Crippen LogP contribution is 2.71. The van der Waals surface area contributed by atoms with Gasteiger partial charge in [0, 0.05) is 4.88 Å². The number of benzene rings is 1. The van der Waals surface area contributed by atoms with Gasteiger partial charge in [0.2, 0.25) is 0 Å². The minimum absolute atomic E-state index is 0.0516. The smallest absolute Gasteiger partial charge is 0.335 e. The lowest BCUT2D eigenvalue weighted by molar-refractivity contribution is 0.0696. The molecule has 3 nitrogen and oxygen atoms in total. The fraction of sp³-hybridized carbons (Fsp3) is 0.333. The largest absolute Gasteiger partial charge is 0.478 e. The fourth-order valence-corrected chi connectivity index (χ4v) is 5.47. The van der Waals surface area contributed by atoms with Crippen LogP contribution in [0.5, 0.6) is 0 Å². The Morgan fingerprint density at radius 2 is 1.92 bits per heavy atom. The Morgan fingerprint density at radius 1 is 1.24 bits per heavy atom. The third-order valence-corrected chi connectivity index (χ3v) is 7.01. The normalized spacial score (nSPS) is 22.7. The minimum Gasteiger partial charge on any atom is -0.478 e. The highest BCUT2D eigenvalue weighted by atomic mass is 32.1. The number of carboxylic acid groups (broad SMARTS) is 1. The van der Waals surface area contributed by atoms with Gasteiger partial charge in [-0.3, -0.25) is 4.79 Å². The van der Waals surface area contributed by atoms with E-state index in [0.29, 0.717) is 17.3 Å². The number of ketones is 1. The van der Waals surface area contributed by atoms with E-state index in [1.165, 1.54) is 16.0 Å². The molecule has 2 aliphatic rings. The predicted octanol–water partition coefficient (Wildman–Crippen LogP) is 4.95. The Hall–Kier alpha value is -2.20. The van der Waals surface area contributed by atoms with Gasteiger partial charge < -0.3 is 5.11 Å². The highest BCUT2D eigenvalue weighted by molar-refractivity contribution is 7.14. The number of hydrogen-bond acceptors (Lipinski definition) is 3. The predicted molar refractivity (Wildman–Crippen MR) is 99.5 cm³/mol. The van der Waals surface area contributed by atoms with Gasteiger partial charge in [0.1, 0.15) is 0 Å². The van der Waals surface area contributed by atoms with E-state index in [0.717, 1.165) is 16.9 Å². The number of aryl methyl sites for hydroxylation is 1. The maximum atomic E-state index is 12.7. The third-order valence-electron chi connectivity index (χ3n) is 5.83. The lowest BCUT2D eigenvalue weighted by Crippen LogP contribution is -2.02. The van der Waals surface area contributed by atoms with E-state index in [9.17, 15) is 9.59 Å². The van der Waals surface area contributed by atoms with Gasteiger partial charge >= 0.3 is 5.97 Å². The van der Waals surface area contributed by atoms with E-state index >= 15 is 0 Å². The summed E-state index contributed by atoms with van der Waals surface area (Å²) in [5.41, 5.74) is 4.17. The molecule has 1 N–H and O–H groups in total. The second-order valence-electron chi connectivity index (χ2n) is 7.61. The van der Waals surface area contributed by atoms with Crippen molar-refractivity contribution >= 4 is 29.2 Å². The zero-order valence-corrected chi connectivity index (χ0v) is 15.3. The molecule has 1 heterocycles. The second-order valence-corrected chi connectivity index (χ2v) is 8.84. The van der Waals surface area contributed by atoms with Crippen LogP contribution in [0.1, 0.15) is 61.4 Å². The van der Waals surface area contributed by atoms with Gasteiger partial charge in [0.15, 0.2) is 5.78 Å². The van der Waals surface area contributed by atoms with Crippen molar-refractivity contribution in [1.82, 2.24) is 0 Å². The highest BCUT2D eigenvalue weighted by Gasteiger charge is 2.63. The molecule has 4 heteroatoms. The number of carbonyl (C=O) groups is 2. The van der Waals surface area contributed by atoms with Crippen LogP contribution >= 0.6 is 11.3 Å². The molecule has 128 valence electrons. The number of hydrogen-bond donors (Lipinski definition) is 1. The molecular formula is C21H20O3S. The summed E-state index contributed by atoms with van der Waals surface area (Å²) in [5.74, 6) is 0.435. The number of aromatic carboxylic acids is 1. The van der Waals surface area contributed by atoms with Crippen LogP contribution in [0, 0.1) is 18.3 Å². The van der Waals surface area contributed by atoms with Gasteiger partial charge in [0.25, 0.3) is 0 Å². The SMILES string of the molecule is Cc1sc(C(=O)/C=C/c2ccc(C(=O)O)cc2)c2c1[C@H]1[C@@H](C2)C1(C)C. The van der Waals surface area contributed by atoms with E-state index < -0.39 is 5.97 Å². The molecule has 0 bridgehead atoms. The summed E-state index contributed by atoms with van der Waals surface area (Å²) in [6.45, 7) is 6.78. The molecule has 1 saturated carbocycles. The third kappa shape index (κ3) is 2.47. The summed E-state index contributed by atoms with van der Waals surface area (Å²) >= 11 is 1.62. The minimum atomic E-state index is -0.947. The van der Waals surface area contributed by atoms with Gasteiger partial charge in [-0.2, -0.15) is 0 Å². The number of allylic oxidation sites excluding steroid dienone is 1. The first kappa shape index (κ1) is 16.3. The van der Waals surface area contributed by atoms with Crippen LogP contribution in [0.4, 0.5) is 0 Å². The lowest BCUT2D eigenvalue weighted by atomic mass is 9.94. The molecule has 0 aliphatic heterocycles. The Labute approximate surface area is 151 Å². The van der Waals surface area contributed by atoms with Gasteiger partial charge in [0.05, 0.1) is 10.4 Å². The molecule has 2 aromatic rings. The van der Waals surface area contributed by atoms with Crippen LogP contribution in [0.15, 0.2) is 30.3 Å². The zero-order valence-electron chi connectivity index (χ0n) is 14.5. The summed E-state index contributed by atoms with van der Waals surface area (Å²) in [7, 11) is 0. The van der Waals surface area contributed by atoms with Crippen LogP contribution < -0.4 is 0 Å². The lowest BCUT2D eigenvalue weighted by Gasteiger charge is -2.09. The van der Waals surface area contributed by atoms with Crippen LogP contribution in [0.2, 0.25) is 0 Å². The van der Waals surface area contributed by atoms with Crippen LogP contribution in [-0.4, -0.2) is 16.9 Å². The zero-order chi connectivity index (χ0) is 17.9. The number of rotatable bonds is 4. The summed E-state index contributed by atoms with van der Waals surface area (Å²) < 4.78 is 0. The summed E-state index contributed by atoms with van der Waals surface area (Å²) in [5, 5.41) is 8.93.